The summed E-state index contributed by atoms with van der Waals surface area (Å²) in [6.07, 6.45) is 2.75. The molecule has 0 aliphatic carbocycles. The van der Waals surface area contributed by atoms with Crippen LogP contribution in [-0.4, -0.2) is 32.1 Å². The molecule has 0 heterocycles. The van der Waals surface area contributed by atoms with E-state index in [9.17, 15) is 4.79 Å². The molecule has 0 saturated carbocycles. The third-order valence-corrected chi connectivity index (χ3v) is 4.32. The molecule has 0 aliphatic rings. The Balaban J connectivity index is 0.00000338. The summed E-state index contributed by atoms with van der Waals surface area (Å²) < 4.78 is 5.25. The molecular weight excluding hydrogens is 371 g/mol. The topological polar surface area (TPSA) is 41.6 Å². The van der Waals surface area contributed by atoms with E-state index in [1.165, 1.54) is 16.0 Å². The number of amides is 1. The van der Waals surface area contributed by atoms with Crippen LogP contribution in [0, 0.1) is 0 Å². The first kappa shape index (κ1) is 22.3. The van der Waals surface area contributed by atoms with Crippen LogP contribution in [0.25, 0.3) is 0 Å². The smallest absolute Gasteiger partial charge is 0.410 e. The number of nitrogens with zero attached hydrogens (tertiary/aromatic N) is 1. The van der Waals surface area contributed by atoms with Crippen molar-refractivity contribution in [3.8, 4) is 5.75 Å². The van der Waals surface area contributed by atoms with Crippen molar-refractivity contribution >= 4 is 30.1 Å². The lowest BCUT2D eigenvalue weighted by Crippen LogP contribution is -2.25. The highest BCUT2D eigenvalue weighted by Crippen LogP contribution is 2.23. The standard InChI is InChI=1S/C20H25ClN2O2.ClH/c1-22-19(6-4-5-15-7-11-17(21)12-8-15)16-9-13-18(14-10-16)25-20(24)23(2)3;/h7-14,19,22H,4-6H2,1-3H3;1H. The Bertz CT molecular complexity index is 673. The highest BCUT2D eigenvalue weighted by Gasteiger charge is 2.11. The normalized spacial score (nSPS) is 11.4. The lowest BCUT2D eigenvalue weighted by Gasteiger charge is -2.17. The molecule has 1 N–H and O–H groups in total. The summed E-state index contributed by atoms with van der Waals surface area (Å²) in [6.45, 7) is 0. The monoisotopic (exact) mass is 396 g/mol. The van der Waals surface area contributed by atoms with Gasteiger partial charge in [-0.15, -0.1) is 12.4 Å². The molecule has 0 aromatic heterocycles. The van der Waals surface area contributed by atoms with Crippen LogP contribution in [-0.2, 0) is 6.42 Å². The summed E-state index contributed by atoms with van der Waals surface area (Å²) in [7, 11) is 5.29. The second kappa shape index (κ2) is 11.1. The Morgan fingerprint density at radius 2 is 1.73 bits per heavy atom. The molecule has 4 nitrogen and oxygen atoms in total. The molecule has 1 unspecified atom stereocenters. The van der Waals surface area contributed by atoms with E-state index in [1.807, 2.05) is 43.4 Å². The van der Waals surface area contributed by atoms with Crippen LogP contribution in [0.4, 0.5) is 4.79 Å². The molecule has 0 fully saturated rings. The third-order valence-electron chi connectivity index (χ3n) is 4.07. The fourth-order valence-corrected chi connectivity index (χ4v) is 2.73. The first-order valence-corrected chi connectivity index (χ1v) is 8.78. The van der Waals surface area contributed by atoms with Gasteiger partial charge in [0.25, 0.3) is 0 Å². The maximum Gasteiger partial charge on any atom is 0.414 e. The van der Waals surface area contributed by atoms with Crippen molar-refractivity contribution < 1.29 is 9.53 Å². The van der Waals surface area contributed by atoms with E-state index in [1.54, 1.807) is 14.1 Å². The molecule has 2 aromatic rings. The maximum absolute atomic E-state index is 11.6. The fraction of sp³-hybridized carbons (Fsp3) is 0.350. The molecular formula is C20H26Cl2N2O2. The lowest BCUT2D eigenvalue weighted by molar-refractivity contribution is 0.172. The Morgan fingerprint density at radius 1 is 1.12 bits per heavy atom. The third kappa shape index (κ3) is 6.87. The number of halogens is 2. The Hall–Kier alpha value is -1.75. The van der Waals surface area contributed by atoms with Gasteiger partial charge in [0.05, 0.1) is 0 Å². The van der Waals surface area contributed by atoms with Gasteiger partial charge >= 0.3 is 6.09 Å². The van der Waals surface area contributed by atoms with Gasteiger partial charge in [0.15, 0.2) is 0 Å². The summed E-state index contributed by atoms with van der Waals surface area (Å²) in [5.41, 5.74) is 2.48. The summed E-state index contributed by atoms with van der Waals surface area (Å²) in [6, 6.07) is 15.9. The number of rotatable bonds is 7. The lowest BCUT2D eigenvalue weighted by atomic mass is 9.99. The van der Waals surface area contributed by atoms with Gasteiger partial charge in [0, 0.05) is 25.2 Å². The van der Waals surface area contributed by atoms with Crippen molar-refractivity contribution in [1.82, 2.24) is 10.2 Å². The first-order valence-electron chi connectivity index (χ1n) is 8.40. The zero-order valence-corrected chi connectivity index (χ0v) is 16.9. The highest BCUT2D eigenvalue weighted by molar-refractivity contribution is 6.30. The van der Waals surface area contributed by atoms with Crippen LogP contribution in [0.2, 0.25) is 5.02 Å². The molecule has 1 amide bonds. The first-order chi connectivity index (χ1) is 12.0. The van der Waals surface area contributed by atoms with Gasteiger partial charge in [-0.3, -0.25) is 0 Å². The number of carbonyl (C=O) groups is 1. The number of carbonyl (C=O) groups excluding carboxylic acids is 1. The van der Waals surface area contributed by atoms with Gasteiger partial charge in [0.2, 0.25) is 0 Å². The van der Waals surface area contributed by atoms with Crippen LogP contribution < -0.4 is 10.1 Å². The van der Waals surface area contributed by atoms with Gasteiger partial charge in [-0.25, -0.2) is 4.79 Å². The number of hydrogen-bond donors (Lipinski definition) is 1. The maximum atomic E-state index is 11.6. The quantitative estimate of drug-likeness (QED) is 0.706. The van der Waals surface area contributed by atoms with E-state index in [0.29, 0.717) is 5.75 Å². The summed E-state index contributed by atoms with van der Waals surface area (Å²) in [5, 5.41) is 4.13. The summed E-state index contributed by atoms with van der Waals surface area (Å²) >= 11 is 5.92. The van der Waals surface area contributed by atoms with E-state index in [0.717, 1.165) is 24.3 Å². The minimum Gasteiger partial charge on any atom is -0.410 e. The Labute approximate surface area is 166 Å². The van der Waals surface area contributed by atoms with Gasteiger partial charge < -0.3 is 15.0 Å². The molecule has 0 bridgehead atoms. The zero-order chi connectivity index (χ0) is 18.2. The molecule has 142 valence electrons. The predicted molar refractivity (Wildman–Crippen MR) is 110 cm³/mol. The molecule has 0 saturated heterocycles. The molecule has 6 heteroatoms. The average Bonchev–Trinajstić information content (AvgIpc) is 2.61. The predicted octanol–water partition coefficient (Wildman–Crippen LogP) is 5.11. The van der Waals surface area contributed by atoms with E-state index in [-0.39, 0.29) is 24.5 Å². The van der Waals surface area contributed by atoms with Crippen molar-refractivity contribution in [3.63, 3.8) is 0 Å². The number of ether oxygens (including phenoxy) is 1. The van der Waals surface area contributed by atoms with Crippen LogP contribution in [0.5, 0.6) is 5.75 Å². The second-order valence-electron chi connectivity index (χ2n) is 6.19. The van der Waals surface area contributed by atoms with Crippen LogP contribution in [0.15, 0.2) is 48.5 Å². The minimum atomic E-state index is -0.374. The largest absolute Gasteiger partial charge is 0.414 e. The molecule has 0 spiro atoms. The average molecular weight is 397 g/mol. The van der Waals surface area contributed by atoms with Gasteiger partial charge in [-0.1, -0.05) is 35.9 Å². The van der Waals surface area contributed by atoms with E-state index in [2.05, 4.69) is 17.4 Å². The van der Waals surface area contributed by atoms with E-state index < -0.39 is 0 Å². The molecule has 2 aromatic carbocycles. The number of hydrogen-bond acceptors (Lipinski definition) is 3. The van der Waals surface area contributed by atoms with Crippen molar-refractivity contribution in [2.45, 2.75) is 25.3 Å². The molecule has 0 aliphatic heterocycles. The van der Waals surface area contributed by atoms with Gasteiger partial charge in [0.1, 0.15) is 5.75 Å². The molecule has 2 rings (SSSR count). The molecule has 1 atom stereocenters. The summed E-state index contributed by atoms with van der Waals surface area (Å²) in [4.78, 5) is 13.0. The van der Waals surface area contributed by atoms with Crippen molar-refractivity contribution in [3.05, 3.63) is 64.7 Å². The molecule has 26 heavy (non-hydrogen) atoms. The van der Waals surface area contributed by atoms with Crippen molar-refractivity contribution in [2.24, 2.45) is 0 Å². The van der Waals surface area contributed by atoms with Crippen molar-refractivity contribution in [2.75, 3.05) is 21.1 Å². The highest BCUT2D eigenvalue weighted by atomic mass is 35.5. The van der Waals surface area contributed by atoms with Crippen LogP contribution in [0.3, 0.4) is 0 Å². The van der Waals surface area contributed by atoms with E-state index >= 15 is 0 Å². The zero-order valence-electron chi connectivity index (χ0n) is 15.4. The second-order valence-corrected chi connectivity index (χ2v) is 6.63. The Kier molecular flexibility index (Phi) is 9.49. The number of nitrogens with one attached hydrogen (secondary N) is 1. The number of benzene rings is 2. The minimum absolute atomic E-state index is 0. The van der Waals surface area contributed by atoms with Crippen LogP contribution in [0.1, 0.15) is 30.0 Å². The van der Waals surface area contributed by atoms with Crippen LogP contribution >= 0.6 is 24.0 Å². The van der Waals surface area contributed by atoms with Crippen molar-refractivity contribution in [1.29, 1.82) is 0 Å². The molecule has 0 radical (unpaired) electrons. The summed E-state index contributed by atoms with van der Waals surface area (Å²) in [5.74, 6) is 0.554. The van der Waals surface area contributed by atoms with Gasteiger partial charge in [-0.05, 0) is 61.7 Å². The Morgan fingerprint density at radius 3 is 2.27 bits per heavy atom. The fourth-order valence-electron chi connectivity index (χ4n) is 2.60. The number of aryl methyl sites for hydroxylation is 1. The van der Waals surface area contributed by atoms with E-state index in [4.69, 9.17) is 16.3 Å². The SMILES string of the molecule is CNC(CCCc1ccc(Cl)cc1)c1ccc(OC(=O)N(C)C)cc1.Cl. The van der Waals surface area contributed by atoms with Gasteiger partial charge in [-0.2, -0.15) is 0 Å².